The number of rotatable bonds is 1. The molecular weight excluding hydrogens is 158 g/mol. The summed E-state index contributed by atoms with van der Waals surface area (Å²) >= 11 is 0. The zero-order valence-corrected chi connectivity index (χ0v) is 7.13. The second kappa shape index (κ2) is 2.71. The molecule has 0 amide bonds. The highest BCUT2D eigenvalue weighted by atomic mass is 16.4. The van der Waals surface area contributed by atoms with Gasteiger partial charge in [0, 0.05) is 6.54 Å². The topological polar surface area (TPSA) is 80.8 Å². The molecule has 2 aliphatic rings. The largest absolute Gasteiger partial charge is 0.481 e. The molecule has 4 nitrogen and oxygen atoms in total. The number of fused-ring (bicyclic) bond motifs is 1. The molecule has 2 fully saturated rings. The zero-order chi connectivity index (χ0) is 8.06. The maximum absolute atomic E-state index is 10.7. The molecule has 1 heterocycles. The average molecular weight is 173 g/mol. The van der Waals surface area contributed by atoms with Crippen LogP contribution in [-0.4, -0.2) is 29.6 Å². The summed E-state index contributed by atoms with van der Waals surface area (Å²) in [6.45, 7) is 3.95. The molecule has 3 atom stereocenters. The molecule has 0 aromatic carbocycles. The van der Waals surface area contributed by atoms with Crippen LogP contribution in [0.2, 0.25) is 0 Å². The van der Waals surface area contributed by atoms with Gasteiger partial charge in [-0.25, -0.2) is 0 Å². The Hall–Kier alpha value is -0.610. The lowest BCUT2D eigenvalue weighted by atomic mass is 10.0. The van der Waals surface area contributed by atoms with Gasteiger partial charge in [-0.05, 0) is 24.3 Å². The summed E-state index contributed by atoms with van der Waals surface area (Å²) in [5, 5.41) is 12.1. The van der Waals surface area contributed by atoms with Crippen LogP contribution < -0.4 is 5.32 Å². The number of aliphatic carboxylic acids is 1. The van der Waals surface area contributed by atoms with Crippen LogP contribution in [0.5, 0.6) is 0 Å². The third kappa shape index (κ3) is 1.03. The molecule has 3 unspecified atom stereocenters. The molecule has 4 N–H and O–H groups in total. The van der Waals surface area contributed by atoms with Gasteiger partial charge in [0.25, 0.3) is 0 Å². The van der Waals surface area contributed by atoms with E-state index < -0.39 is 5.97 Å². The number of piperidine rings is 1. The summed E-state index contributed by atoms with van der Waals surface area (Å²) < 4.78 is 0. The standard InChI is InChI=1S/C8H13NO2.H2O/c1-8-4-9-3-2-5(8)6(8)7(10)11;/h5-6,9H,2-4H2,1H3,(H,10,11);1H2. The van der Waals surface area contributed by atoms with Crippen molar-refractivity contribution in [3.8, 4) is 0 Å². The minimum atomic E-state index is -0.610. The molecule has 0 spiro atoms. The van der Waals surface area contributed by atoms with Crippen LogP contribution in [-0.2, 0) is 4.79 Å². The minimum Gasteiger partial charge on any atom is -0.481 e. The Morgan fingerprint density at radius 2 is 2.33 bits per heavy atom. The summed E-state index contributed by atoms with van der Waals surface area (Å²) in [6.07, 6.45) is 1.04. The Bertz CT molecular complexity index is 206. The number of carboxylic acid groups (broad SMARTS) is 1. The minimum absolute atomic E-state index is 0. The molecule has 0 aromatic heterocycles. The van der Waals surface area contributed by atoms with Gasteiger partial charge in [-0.15, -0.1) is 0 Å². The van der Waals surface area contributed by atoms with Crippen LogP contribution in [0.1, 0.15) is 13.3 Å². The Morgan fingerprint density at radius 3 is 2.75 bits per heavy atom. The number of hydrogen-bond acceptors (Lipinski definition) is 2. The van der Waals surface area contributed by atoms with Crippen molar-refractivity contribution in [1.82, 2.24) is 5.32 Å². The van der Waals surface area contributed by atoms with Crippen molar-refractivity contribution in [2.24, 2.45) is 17.3 Å². The molecule has 0 bridgehead atoms. The second-order valence-corrected chi connectivity index (χ2v) is 3.89. The summed E-state index contributed by atoms with van der Waals surface area (Å²) in [7, 11) is 0. The quantitative estimate of drug-likeness (QED) is 0.560. The molecule has 4 heteroatoms. The first-order chi connectivity index (χ1) is 5.16. The van der Waals surface area contributed by atoms with Crippen molar-refractivity contribution in [2.45, 2.75) is 13.3 Å². The molecule has 0 aromatic rings. The van der Waals surface area contributed by atoms with Crippen molar-refractivity contribution >= 4 is 5.97 Å². The van der Waals surface area contributed by atoms with E-state index in [9.17, 15) is 4.79 Å². The fourth-order valence-electron chi connectivity index (χ4n) is 2.47. The van der Waals surface area contributed by atoms with E-state index in [1.54, 1.807) is 0 Å². The number of nitrogens with one attached hydrogen (secondary N) is 1. The molecule has 1 saturated carbocycles. The number of hydrogen-bond donors (Lipinski definition) is 2. The number of carboxylic acids is 1. The molecule has 0 radical (unpaired) electrons. The van der Waals surface area contributed by atoms with Gasteiger partial charge in [0.15, 0.2) is 0 Å². The van der Waals surface area contributed by atoms with E-state index in [-0.39, 0.29) is 16.8 Å². The van der Waals surface area contributed by atoms with Crippen LogP contribution in [0, 0.1) is 17.3 Å². The maximum Gasteiger partial charge on any atom is 0.307 e. The van der Waals surface area contributed by atoms with Gasteiger partial charge in [0.1, 0.15) is 0 Å². The van der Waals surface area contributed by atoms with Crippen molar-refractivity contribution in [2.75, 3.05) is 13.1 Å². The van der Waals surface area contributed by atoms with Crippen molar-refractivity contribution in [3.63, 3.8) is 0 Å². The Morgan fingerprint density at radius 1 is 1.67 bits per heavy atom. The summed E-state index contributed by atoms with van der Waals surface area (Å²) in [5.74, 6) is -0.236. The van der Waals surface area contributed by atoms with Crippen LogP contribution in [0.3, 0.4) is 0 Å². The predicted molar refractivity (Wildman–Crippen MR) is 43.8 cm³/mol. The van der Waals surface area contributed by atoms with E-state index in [2.05, 4.69) is 12.2 Å². The molecule has 1 aliphatic heterocycles. The van der Waals surface area contributed by atoms with Gasteiger partial charge in [0.05, 0.1) is 5.92 Å². The zero-order valence-electron chi connectivity index (χ0n) is 7.13. The fourth-order valence-corrected chi connectivity index (χ4v) is 2.47. The lowest BCUT2D eigenvalue weighted by Gasteiger charge is -2.17. The van der Waals surface area contributed by atoms with E-state index in [4.69, 9.17) is 5.11 Å². The second-order valence-electron chi connectivity index (χ2n) is 3.89. The normalized spacial score (nSPS) is 44.1. The van der Waals surface area contributed by atoms with Gasteiger partial charge in [-0.3, -0.25) is 4.79 Å². The Balaban J connectivity index is 0.000000720. The molecule has 70 valence electrons. The molecule has 1 saturated heterocycles. The lowest BCUT2D eigenvalue weighted by molar-refractivity contribution is -0.139. The van der Waals surface area contributed by atoms with Crippen LogP contribution >= 0.6 is 0 Å². The number of carbonyl (C=O) groups is 1. The van der Waals surface area contributed by atoms with Gasteiger partial charge in [-0.1, -0.05) is 6.92 Å². The van der Waals surface area contributed by atoms with Gasteiger partial charge < -0.3 is 15.9 Å². The summed E-state index contributed by atoms with van der Waals surface area (Å²) in [5.41, 5.74) is 0.0735. The van der Waals surface area contributed by atoms with Crippen LogP contribution in [0.15, 0.2) is 0 Å². The van der Waals surface area contributed by atoms with Crippen molar-refractivity contribution in [3.05, 3.63) is 0 Å². The average Bonchev–Trinajstić information content (AvgIpc) is 2.54. The Labute approximate surface area is 71.3 Å². The third-order valence-corrected chi connectivity index (χ3v) is 3.25. The summed E-state index contributed by atoms with van der Waals surface area (Å²) in [6, 6.07) is 0. The van der Waals surface area contributed by atoms with Crippen LogP contribution in [0.25, 0.3) is 0 Å². The third-order valence-electron chi connectivity index (χ3n) is 3.25. The Kier molecular flexibility index (Phi) is 2.14. The van der Waals surface area contributed by atoms with Gasteiger partial charge in [0.2, 0.25) is 0 Å². The van der Waals surface area contributed by atoms with Gasteiger partial charge in [-0.2, -0.15) is 0 Å². The van der Waals surface area contributed by atoms with E-state index in [0.717, 1.165) is 19.5 Å². The SMILES string of the molecule is CC12CNCCC1C2C(=O)O.O. The maximum atomic E-state index is 10.7. The van der Waals surface area contributed by atoms with E-state index in [0.29, 0.717) is 5.92 Å². The first kappa shape index (κ1) is 9.48. The monoisotopic (exact) mass is 173 g/mol. The molecule has 2 rings (SSSR count). The summed E-state index contributed by atoms with van der Waals surface area (Å²) in [4.78, 5) is 10.7. The van der Waals surface area contributed by atoms with Gasteiger partial charge >= 0.3 is 5.97 Å². The highest BCUT2D eigenvalue weighted by Crippen LogP contribution is 2.61. The van der Waals surface area contributed by atoms with E-state index in [1.807, 2.05) is 0 Å². The van der Waals surface area contributed by atoms with E-state index >= 15 is 0 Å². The first-order valence-corrected chi connectivity index (χ1v) is 4.10. The smallest absolute Gasteiger partial charge is 0.307 e. The predicted octanol–water partition coefficient (Wildman–Crippen LogP) is -0.508. The molecule has 12 heavy (non-hydrogen) atoms. The highest BCUT2D eigenvalue weighted by Gasteiger charge is 2.65. The molecule has 1 aliphatic carbocycles. The molecular formula is C8H15NO3. The van der Waals surface area contributed by atoms with E-state index in [1.165, 1.54) is 0 Å². The first-order valence-electron chi connectivity index (χ1n) is 4.10. The lowest BCUT2D eigenvalue weighted by Crippen LogP contribution is -2.30. The van der Waals surface area contributed by atoms with Crippen molar-refractivity contribution in [1.29, 1.82) is 0 Å². The van der Waals surface area contributed by atoms with Crippen LogP contribution in [0.4, 0.5) is 0 Å². The fraction of sp³-hybridized carbons (Fsp3) is 0.875. The highest BCUT2D eigenvalue weighted by molar-refractivity contribution is 5.75. The van der Waals surface area contributed by atoms with Crippen molar-refractivity contribution < 1.29 is 15.4 Å².